The summed E-state index contributed by atoms with van der Waals surface area (Å²) in [6.07, 6.45) is 0. The molecular weight excluding hydrogens is 376 g/mol. The highest BCUT2D eigenvalue weighted by molar-refractivity contribution is 7.89. The number of hydrogen-bond donors (Lipinski definition) is 0. The van der Waals surface area contributed by atoms with Gasteiger partial charge < -0.3 is 9.64 Å². The largest absolute Gasteiger partial charge is 0.484 e. The molecule has 0 saturated heterocycles. The lowest BCUT2D eigenvalue weighted by Crippen LogP contribution is -2.48. The van der Waals surface area contributed by atoms with Gasteiger partial charge in [0, 0.05) is 20.0 Å². The number of benzene rings is 2. The van der Waals surface area contributed by atoms with Crippen LogP contribution in [0.2, 0.25) is 0 Å². The third kappa shape index (κ3) is 4.05. The van der Waals surface area contributed by atoms with E-state index < -0.39 is 15.6 Å². The first-order valence-corrected chi connectivity index (χ1v) is 10.7. The standard InChI is InChI=1S/C21H26N2O4S/c1-5-22(14-17-9-7-6-8-10-17)28(25,26)18-11-12-20-19(13-18)23(16(2)24)15-21(3,4)27-20/h6-13H,5,14-15H2,1-4H3. The second-order valence-electron chi connectivity index (χ2n) is 7.51. The molecule has 0 saturated carbocycles. The highest BCUT2D eigenvalue weighted by Gasteiger charge is 2.35. The van der Waals surface area contributed by atoms with Gasteiger partial charge in [-0.15, -0.1) is 0 Å². The van der Waals surface area contributed by atoms with E-state index in [9.17, 15) is 13.2 Å². The van der Waals surface area contributed by atoms with Crippen molar-refractivity contribution in [3.63, 3.8) is 0 Å². The number of hydrogen-bond acceptors (Lipinski definition) is 4. The Bertz CT molecular complexity index is 971. The Kier molecular flexibility index (Phi) is 5.50. The van der Waals surface area contributed by atoms with Gasteiger partial charge in [-0.3, -0.25) is 4.79 Å². The first kappa shape index (κ1) is 20.4. The molecule has 2 aromatic rings. The van der Waals surface area contributed by atoms with Gasteiger partial charge in [-0.2, -0.15) is 4.31 Å². The molecule has 1 aliphatic rings. The van der Waals surface area contributed by atoms with Gasteiger partial charge in [-0.1, -0.05) is 37.3 Å². The maximum Gasteiger partial charge on any atom is 0.243 e. The minimum absolute atomic E-state index is 0.149. The molecule has 1 aliphatic heterocycles. The highest BCUT2D eigenvalue weighted by atomic mass is 32.2. The van der Waals surface area contributed by atoms with E-state index in [1.807, 2.05) is 51.1 Å². The minimum atomic E-state index is -3.72. The van der Waals surface area contributed by atoms with Crippen LogP contribution in [0.25, 0.3) is 0 Å². The van der Waals surface area contributed by atoms with Gasteiger partial charge >= 0.3 is 0 Å². The monoisotopic (exact) mass is 402 g/mol. The van der Waals surface area contributed by atoms with E-state index in [1.54, 1.807) is 17.0 Å². The zero-order valence-corrected chi connectivity index (χ0v) is 17.5. The zero-order valence-electron chi connectivity index (χ0n) is 16.7. The van der Waals surface area contributed by atoms with Gasteiger partial charge in [0.2, 0.25) is 15.9 Å². The van der Waals surface area contributed by atoms with Crippen molar-refractivity contribution >= 4 is 21.6 Å². The van der Waals surface area contributed by atoms with Crippen LogP contribution in [-0.2, 0) is 21.4 Å². The summed E-state index contributed by atoms with van der Waals surface area (Å²) in [6.45, 7) is 8.07. The summed E-state index contributed by atoms with van der Waals surface area (Å²) in [5.74, 6) is 0.361. The number of rotatable bonds is 5. The van der Waals surface area contributed by atoms with Crippen LogP contribution >= 0.6 is 0 Å². The van der Waals surface area contributed by atoms with Crippen molar-refractivity contribution in [3.8, 4) is 5.75 Å². The van der Waals surface area contributed by atoms with E-state index in [2.05, 4.69) is 0 Å². The quantitative estimate of drug-likeness (QED) is 0.769. The molecule has 0 aliphatic carbocycles. The first-order valence-electron chi connectivity index (χ1n) is 9.29. The molecule has 0 atom stereocenters. The van der Waals surface area contributed by atoms with Crippen molar-refractivity contribution in [3.05, 3.63) is 54.1 Å². The number of sulfonamides is 1. The number of anilines is 1. The van der Waals surface area contributed by atoms with Crippen LogP contribution < -0.4 is 9.64 Å². The summed E-state index contributed by atoms with van der Waals surface area (Å²) in [5.41, 5.74) is 0.868. The number of amides is 1. The lowest BCUT2D eigenvalue weighted by Gasteiger charge is -2.39. The van der Waals surface area contributed by atoms with Crippen molar-refractivity contribution in [1.29, 1.82) is 0 Å². The molecule has 0 radical (unpaired) electrons. The van der Waals surface area contributed by atoms with Crippen LogP contribution in [0, 0.1) is 0 Å². The van der Waals surface area contributed by atoms with Crippen LogP contribution in [0.3, 0.4) is 0 Å². The van der Waals surface area contributed by atoms with Gasteiger partial charge in [-0.25, -0.2) is 8.42 Å². The molecule has 0 N–H and O–H groups in total. The van der Waals surface area contributed by atoms with Gasteiger partial charge in [0.15, 0.2) is 0 Å². The molecule has 2 aromatic carbocycles. The van der Waals surface area contributed by atoms with Crippen molar-refractivity contribution in [1.82, 2.24) is 4.31 Å². The number of carbonyl (C=O) groups excluding carboxylic acids is 1. The fourth-order valence-electron chi connectivity index (χ4n) is 3.33. The highest BCUT2D eigenvalue weighted by Crippen LogP contribution is 2.39. The van der Waals surface area contributed by atoms with E-state index in [-0.39, 0.29) is 17.3 Å². The fourth-order valence-corrected chi connectivity index (χ4v) is 4.79. The average molecular weight is 403 g/mol. The number of carbonyl (C=O) groups is 1. The van der Waals surface area contributed by atoms with Crippen LogP contribution in [0.4, 0.5) is 5.69 Å². The predicted octanol–water partition coefficient (Wildman–Crippen LogP) is 3.42. The summed E-state index contributed by atoms with van der Waals surface area (Å²) >= 11 is 0. The van der Waals surface area contributed by atoms with Crippen LogP contribution in [-0.4, -0.2) is 37.3 Å². The molecule has 0 bridgehead atoms. The summed E-state index contributed by atoms with van der Waals surface area (Å²) in [6, 6.07) is 14.2. The second-order valence-corrected chi connectivity index (χ2v) is 9.45. The molecule has 0 fully saturated rings. The molecule has 0 unspecified atom stereocenters. The van der Waals surface area contributed by atoms with Crippen LogP contribution in [0.15, 0.2) is 53.4 Å². The molecule has 6 nitrogen and oxygen atoms in total. The third-order valence-corrected chi connectivity index (χ3v) is 6.64. The summed E-state index contributed by atoms with van der Waals surface area (Å²) in [4.78, 5) is 13.9. The Morgan fingerprint density at radius 1 is 1.18 bits per heavy atom. The summed E-state index contributed by atoms with van der Waals surface area (Å²) in [7, 11) is -3.72. The Morgan fingerprint density at radius 3 is 2.46 bits per heavy atom. The molecule has 28 heavy (non-hydrogen) atoms. The average Bonchev–Trinajstić information content (AvgIpc) is 2.64. The topological polar surface area (TPSA) is 66.9 Å². The molecule has 0 aromatic heterocycles. The van der Waals surface area contributed by atoms with Crippen molar-refractivity contribution < 1.29 is 17.9 Å². The Labute approximate surface area is 166 Å². The smallest absolute Gasteiger partial charge is 0.243 e. The fraction of sp³-hybridized carbons (Fsp3) is 0.381. The van der Waals surface area contributed by atoms with Gasteiger partial charge in [0.05, 0.1) is 17.1 Å². The SMILES string of the molecule is CCN(Cc1ccccc1)S(=O)(=O)c1ccc2c(c1)N(C(C)=O)CC(C)(C)O2. The number of ether oxygens (including phenoxy) is 1. The third-order valence-electron chi connectivity index (χ3n) is 4.72. The van der Waals surface area contributed by atoms with E-state index in [4.69, 9.17) is 4.74 Å². The summed E-state index contributed by atoms with van der Waals surface area (Å²) in [5, 5.41) is 0. The van der Waals surface area contributed by atoms with Crippen LogP contribution in [0.5, 0.6) is 5.75 Å². The zero-order chi connectivity index (χ0) is 20.5. The molecule has 7 heteroatoms. The van der Waals surface area contributed by atoms with E-state index >= 15 is 0 Å². The normalized spacial score (nSPS) is 15.8. The molecular formula is C21H26N2O4S. The lowest BCUT2D eigenvalue weighted by atomic mass is 10.1. The molecule has 1 amide bonds. The number of fused-ring (bicyclic) bond motifs is 1. The Hall–Kier alpha value is -2.38. The number of nitrogens with zero attached hydrogens (tertiary/aromatic N) is 2. The van der Waals surface area contributed by atoms with Gasteiger partial charge in [0.25, 0.3) is 0 Å². The van der Waals surface area contributed by atoms with Crippen molar-refractivity contribution in [2.75, 3.05) is 18.0 Å². The van der Waals surface area contributed by atoms with E-state index in [0.717, 1.165) is 5.56 Å². The lowest BCUT2D eigenvalue weighted by molar-refractivity contribution is -0.117. The van der Waals surface area contributed by atoms with E-state index in [0.29, 0.717) is 24.5 Å². The van der Waals surface area contributed by atoms with Gasteiger partial charge in [-0.05, 0) is 37.6 Å². The maximum absolute atomic E-state index is 13.2. The molecule has 0 spiro atoms. The van der Waals surface area contributed by atoms with Gasteiger partial charge in [0.1, 0.15) is 11.4 Å². The minimum Gasteiger partial charge on any atom is -0.484 e. The molecule has 3 rings (SSSR count). The maximum atomic E-state index is 13.2. The van der Waals surface area contributed by atoms with Crippen molar-refractivity contribution in [2.45, 2.75) is 44.7 Å². The summed E-state index contributed by atoms with van der Waals surface area (Å²) < 4.78 is 33.9. The Morgan fingerprint density at radius 2 is 1.86 bits per heavy atom. The molecule has 150 valence electrons. The molecule has 1 heterocycles. The second kappa shape index (κ2) is 7.56. The Balaban J connectivity index is 1.99. The van der Waals surface area contributed by atoms with E-state index in [1.165, 1.54) is 17.3 Å². The predicted molar refractivity (Wildman–Crippen MR) is 109 cm³/mol. The first-order chi connectivity index (χ1) is 13.1. The van der Waals surface area contributed by atoms with Crippen molar-refractivity contribution in [2.24, 2.45) is 0 Å². The van der Waals surface area contributed by atoms with Crippen LogP contribution in [0.1, 0.15) is 33.3 Å².